The third kappa shape index (κ3) is 3.85. The van der Waals surface area contributed by atoms with Gasteiger partial charge in [-0.05, 0) is 37.5 Å². The summed E-state index contributed by atoms with van der Waals surface area (Å²) >= 11 is 0. The van der Waals surface area contributed by atoms with Crippen LogP contribution in [0.25, 0.3) is 0 Å². The third-order valence-electron chi connectivity index (χ3n) is 6.00. The Balaban J connectivity index is 1.58. The summed E-state index contributed by atoms with van der Waals surface area (Å²) in [5, 5.41) is 0. The van der Waals surface area contributed by atoms with Crippen LogP contribution in [0.1, 0.15) is 50.0 Å². The predicted octanol–water partition coefficient (Wildman–Crippen LogP) is 0.618. The first kappa shape index (κ1) is 18.7. The molecule has 1 aliphatic carbocycles. The van der Waals surface area contributed by atoms with E-state index in [1.165, 1.54) is 25.7 Å². The second-order valence-electron chi connectivity index (χ2n) is 7.84. The van der Waals surface area contributed by atoms with Crippen LogP contribution in [0.5, 0.6) is 0 Å². The molecule has 0 atom stereocenters. The molecule has 26 heavy (non-hydrogen) atoms. The number of nitrogen functional groups attached to an aromatic ring is 1. The van der Waals surface area contributed by atoms with Crippen molar-refractivity contribution in [2.75, 3.05) is 31.9 Å². The number of carbonyl (C=O) groups is 1. The quantitative estimate of drug-likeness (QED) is 0.728. The van der Waals surface area contributed by atoms with Crippen molar-refractivity contribution in [3.05, 3.63) is 26.5 Å². The number of hydrogen-bond donors (Lipinski definition) is 3. The number of nitrogens with two attached hydrogens (primary N) is 1. The highest BCUT2D eigenvalue weighted by Gasteiger charge is 2.31. The van der Waals surface area contributed by atoms with Crippen molar-refractivity contribution in [3.8, 4) is 0 Å². The topological polar surface area (TPSA) is 115 Å². The summed E-state index contributed by atoms with van der Waals surface area (Å²) in [6.45, 7) is 7.40. The van der Waals surface area contributed by atoms with E-state index in [-0.39, 0.29) is 17.3 Å². The molecule has 0 unspecified atom stereocenters. The van der Waals surface area contributed by atoms with Crippen LogP contribution < -0.4 is 17.0 Å². The van der Waals surface area contributed by atoms with Gasteiger partial charge >= 0.3 is 5.69 Å². The smallest absolute Gasteiger partial charge is 0.326 e. The lowest BCUT2D eigenvalue weighted by Gasteiger charge is -2.42. The number of anilines is 1. The van der Waals surface area contributed by atoms with Crippen LogP contribution in [0.2, 0.25) is 0 Å². The standard InChI is InChI=1S/C18H29N5O3/c1-11(2)12-3-5-13(6-4-12)22-7-9-23(10-8-22)17(25)15-14(19)16(24)21-18(26)20-15/h11-13H,3-10,19H2,1-2H3,(H2,20,21,24,26). The number of aromatic nitrogens is 2. The summed E-state index contributed by atoms with van der Waals surface area (Å²) in [4.78, 5) is 44.2. The van der Waals surface area contributed by atoms with Crippen LogP contribution in [-0.4, -0.2) is 57.9 Å². The Kier molecular flexibility index (Phi) is 5.50. The monoisotopic (exact) mass is 363 g/mol. The van der Waals surface area contributed by atoms with Crippen molar-refractivity contribution < 1.29 is 4.79 Å². The molecular weight excluding hydrogens is 334 g/mol. The van der Waals surface area contributed by atoms with Crippen LogP contribution >= 0.6 is 0 Å². The van der Waals surface area contributed by atoms with E-state index in [0.29, 0.717) is 19.1 Å². The lowest BCUT2D eigenvalue weighted by atomic mass is 9.79. The highest BCUT2D eigenvalue weighted by atomic mass is 16.2. The average Bonchev–Trinajstić information content (AvgIpc) is 2.64. The predicted molar refractivity (Wildman–Crippen MR) is 100 cm³/mol. The van der Waals surface area contributed by atoms with Crippen molar-refractivity contribution >= 4 is 11.6 Å². The molecule has 1 saturated heterocycles. The molecule has 0 aromatic carbocycles. The molecule has 2 aliphatic rings. The Bertz CT molecular complexity index is 753. The molecule has 1 aliphatic heterocycles. The summed E-state index contributed by atoms with van der Waals surface area (Å²) in [7, 11) is 0. The van der Waals surface area contributed by atoms with Gasteiger partial charge in [-0.15, -0.1) is 0 Å². The molecule has 1 aromatic heterocycles. The van der Waals surface area contributed by atoms with Gasteiger partial charge in [0.2, 0.25) is 0 Å². The van der Waals surface area contributed by atoms with Gasteiger partial charge in [0.05, 0.1) is 0 Å². The lowest BCUT2D eigenvalue weighted by Crippen LogP contribution is -2.53. The van der Waals surface area contributed by atoms with Crippen molar-refractivity contribution in [2.45, 2.75) is 45.6 Å². The third-order valence-corrected chi connectivity index (χ3v) is 6.00. The van der Waals surface area contributed by atoms with E-state index in [0.717, 1.165) is 24.9 Å². The molecule has 1 aromatic rings. The maximum Gasteiger partial charge on any atom is 0.326 e. The minimum atomic E-state index is -0.724. The van der Waals surface area contributed by atoms with E-state index in [9.17, 15) is 14.4 Å². The van der Waals surface area contributed by atoms with Gasteiger partial charge in [0, 0.05) is 32.2 Å². The SMILES string of the molecule is CC(C)C1CCC(N2CCN(C(=O)c3[nH]c(=O)[nH]c(=O)c3N)CC2)CC1. The maximum absolute atomic E-state index is 12.6. The number of H-pyrrole nitrogens is 2. The normalized spacial score (nSPS) is 24.8. The highest BCUT2D eigenvalue weighted by molar-refractivity contribution is 5.96. The summed E-state index contributed by atoms with van der Waals surface area (Å²) < 4.78 is 0. The van der Waals surface area contributed by atoms with Crippen LogP contribution in [0.15, 0.2) is 9.59 Å². The fourth-order valence-electron chi connectivity index (χ4n) is 4.25. The Morgan fingerprint density at radius 3 is 2.23 bits per heavy atom. The van der Waals surface area contributed by atoms with Gasteiger partial charge in [0.1, 0.15) is 11.4 Å². The van der Waals surface area contributed by atoms with Gasteiger partial charge in [0.25, 0.3) is 11.5 Å². The molecule has 2 heterocycles. The van der Waals surface area contributed by atoms with Gasteiger partial charge < -0.3 is 15.6 Å². The molecule has 8 nitrogen and oxygen atoms in total. The van der Waals surface area contributed by atoms with Gasteiger partial charge in [0.15, 0.2) is 0 Å². The Labute approximate surface area is 152 Å². The molecule has 4 N–H and O–H groups in total. The first-order valence-electron chi connectivity index (χ1n) is 9.52. The molecule has 0 radical (unpaired) electrons. The molecule has 0 spiro atoms. The molecule has 1 saturated carbocycles. The van der Waals surface area contributed by atoms with Crippen molar-refractivity contribution in [1.82, 2.24) is 19.8 Å². The second kappa shape index (κ2) is 7.65. The van der Waals surface area contributed by atoms with Crippen LogP contribution in [0.3, 0.4) is 0 Å². The number of rotatable bonds is 3. The summed E-state index contributed by atoms with van der Waals surface area (Å²) in [5.74, 6) is 1.21. The largest absolute Gasteiger partial charge is 0.392 e. The number of aromatic amines is 2. The molecule has 0 bridgehead atoms. The fourth-order valence-corrected chi connectivity index (χ4v) is 4.25. The van der Waals surface area contributed by atoms with E-state index in [2.05, 4.69) is 23.7 Å². The highest BCUT2D eigenvalue weighted by Crippen LogP contribution is 2.32. The first-order chi connectivity index (χ1) is 12.4. The minimum Gasteiger partial charge on any atom is -0.392 e. The average molecular weight is 363 g/mol. The number of hydrogen-bond acceptors (Lipinski definition) is 5. The Morgan fingerprint density at radius 1 is 1.04 bits per heavy atom. The van der Waals surface area contributed by atoms with Gasteiger partial charge in [-0.2, -0.15) is 0 Å². The van der Waals surface area contributed by atoms with E-state index < -0.39 is 11.2 Å². The Hall–Kier alpha value is -2.09. The molecular formula is C18H29N5O3. The van der Waals surface area contributed by atoms with E-state index >= 15 is 0 Å². The molecule has 3 rings (SSSR count). The van der Waals surface area contributed by atoms with Gasteiger partial charge in [-0.3, -0.25) is 19.5 Å². The molecule has 8 heteroatoms. The van der Waals surface area contributed by atoms with Crippen LogP contribution in [-0.2, 0) is 0 Å². The number of nitrogens with one attached hydrogen (secondary N) is 2. The van der Waals surface area contributed by atoms with E-state index in [1.807, 2.05) is 4.98 Å². The zero-order chi connectivity index (χ0) is 18.8. The van der Waals surface area contributed by atoms with Crippen molar-refractivity contribution in [2.24, 2.45) is 11.8 Å². The minimum absolute atomic E-state index is 0.107. The van der Waals surface area contributed by atoms with Crippen LogP contribution in [0.4, 0.5) is 5.69 Å². The number of piperazine rings is 1. The van der Waals surface area contributed by atoms with Gasteiger partial charge in [-0.1, -0.05) is 13.8 Å². The summed E-state index contributed by atoms with van der Waals surface area (Å²) in [6.07, 6.45) is 5.02. The number of amides is 1. The van der Waals surface area contributed by atoms with Crippen LogP contribution in [0, 0.1) is 11.8 Å². The van der Waals surface area contributed by atoms with Crippen molar-refractivity contribution in [1.29, 1.82) is 0 Å². The lowest BCUT2D eigenvalue weighted by molar-refractivity contribution is 0.0474. The summed E-state index contributed by atoms with van der Waals surface area (Å²) in [5.41, 5.74) is 3.89. The molecule has 2 fully saturated rings. The number of nitrogens with zero attached hydrogens (tertiary/aromatic N) is 2. The summed E-state index contributed by atoms with van der Waals surface area (Å²) in [6, 6.07) is 0.603. The fraction of sp³-hybridized carbons (Fsp3) is 0.722. The molecule has 1 amide bonds. The molecule has 144 valence electrons. The van der Waals surface area contributed by atoms with E-state index in [1.54, 1.807) is 4.90 Å². The zero-order valence-corrected chi connectivity index (χ0v) is 15.6. The van der Waals surface area contributed by atoms with Gasteiger partial charge in [-0.25, -0.2) is 4.79 Å². The Morgan fingerprint density at radius 2 is 1.65 bits per heavy atom. The van der Waals surface area contributed by atoms with Crippen molar-refractivity contribution in [3.63, 3.8) is 0 Å². The maximum atomic E-state index is 12.6. The second-order valence-corrected chi connectivity index (χ2v) is 7.84. The first-order valence-corrected chi connectivity index (χ1v) is 9.52. The van der Waals surface area contributed by atoms with E-state index in [4.69, 9.17) is 5.73 Å². The zero-order valence-electron chi connectivity index (χ0n) is 15.6. The number of carbonyl (C=O) groups excluding carboxylic acids is 1.